The Kier molecular flexibility index (Phi) is 6.23. The number of hydrogen-bond acceptors (Lipinski definition) is 3. The molecule has 0 aromatic heterocycles. The molecule has 5 heteroatoms. The summed E-state index contributed by atoms with van der Waals surface area (Å²) in [4.78, 5) is 24.8. The zero-order valence-electron chi connectivity index (χ0n) is 14.9. The third-order valence-electron chi connectivity index (χ3n) is 5.11. The summed E-state index contributed by atoms with van der Waals surface area (Å²) in [5.41, 5.74) is 0.474. The van der Waals surface area contributed by atoms with E-state index < -0.39 is 12.6 Å². The highest BCUT2D eigenvalue weighted by Gasteiger charge is 2.22. The summed E-state index contributed by atoms with van der Waals surface area (Å²) in [6.07, 6.45) is 5.96. The van der Waals surface area contributed by atoms with Crippen molar-refractivity contribution in [3.05, 3.63) is 48.0 Å². The van der Waals surface area contributed by atoms with Crippen molar-refractivity contribution >= 4 is 22.6 Å². The largest absolute Gasteiger partial charge is 0.394 e. The molecule has 2 aromatic carbocycles. The van der Waals surface area contributed by atoms with Crippen LogP contribution in [0.15, 0.2) is 42.5 Å². The van der Waals surface area contributed by atoms with Crippen LogP contribution in [0.5, 0.6) is 0 Å². The molecule has 1 aliphatic rings. The van der Waals surface area contributed by atoms with Gasteiger partial charge in [-0.05, 0) is 41.7 Å². The number of fused-ring (bicyclic) bond motifs is 1. The van der Waals surface area contributed by atoms with Gasteiger partial charge >= 0.3 is 0 Å². The minimum absolute atomic E-state index is 0.327. The van der Waals surface area contributed by atoms with Crippen molar-refractivity contribution in [2.24, 2.45) is 5.92 Å². The van der Waals surface area contributed by atoms with E-state index in [-0.39, 0.29) is 11.8 Å². The van der Waals surface area contributed by atoms with Crippen LogP contribution < -0.4 is 10.6 Å². The SMILES string of the molecule is O=C(NC(CO)C(=O)NCC1CCCCC1)c1ccc2ccccc2c1. The summed E-state index contributed by atoms with van der Waals surface area (Å²) >= 11 is 0. The Hall–Kier alpha value is -2.40. The van der Waals surface area contributed by atoms with Crippen molar-refractivity contribution < 1.29 is 14.7 Å². The van der Waals surface area contributed by atoms with Crippen LogP contribution in [0.1, 0.15) is 42.5 Å². The van der Waals surface area contributed by atoms with E-state index in [0.717, 1.165) is 23.6 Å². The van der Waals surface area contributed by atoms with Crippen LogP contribution in [0.2, 0.25) is 0 Å². The van der Waals surface area contributed by atoms with Gasteiger partial charge in [0.05, 0.1) is 6.61 Å². The topological polar surface area (TPSA) is 78.4 Å². The second-order valence-corrected chi connectivity index (χ2v) is 7.02. The molecule has 5 nitrogen and oxygen atoms in total. The first-order valence-electron chi connectivity index (χ1n) is 9.35. The van der Waals surface area contributed by atoms with Crippen molar-refractivity contribution in [1.82, 2.24) is 10.6 Å². The first-order chi connectivity index (χ1) is 12.7. The highest BCUT2D eigenvalue weighted by molar-refractivity contribution is 6.00. The van der Waals surface area contributed by atoms with Gasteiger partial charge in [0.2, 0.25) is 5.91 Å². The lowest BCUT2D eigenvalue weighted by Crippen LogP contribution is -2.49. The molecule has 0 bridgehead atoms. The molecular formula is C21H26N2O3. The lowest BCUT2D eigenvalue weighted by Gasteiger charge is -2.23. The molecule has 0 aliphatic heterocycles. The molecule has 1 aliphatic carbocycles. The van der Waals surface area contributed by atoms with Crippen molar-refractivity contribution in [1.29, 1.82) is 0 Å². The molecule has 0 saturated heterocycles. The third-order valence-corrected chi connectivity index (χ3v) is 5.11. The Morgan fingerprint density at radius 2 is 1.77 bits per heavy atom. The molecule has 1 unspecified atom stereocenters. The molecule has 2 amide bonds. The fraction of sp³-hybridized carbons (Fsp3) is 0.429. The van der Waals surface area contributed by atoms with Gasteiger partial charge in [-0.2, -0.15) is 0 Å². The average Bonchev–Trinajstić information content (AvgIpc) is 2.70. The maximum atomic E-state index is 12.5. The van der Waals surface area contributed by atoms with E-state index in [1.807, 2.05) is 30.3 Å². The van der Waals surface area contributed by atoms with Gasteiger partial charge in [0.15, 0.2) is 0 Å². The number of amides is 2. The van der Waals surface area contributed by atoms with Gasteiger partial charge in [-0.25, -0.2) is 0 Å². The summed E-state index contributed by atoms with van der Waals surface area (Å²) in [5.74, 6) is -0.182. The van der Waals surface area contributed by atoms with Crippen LogP contribution in [0, 0.1) is 5.92 Å². The van der Waals surface area contributed by atoms with E-state index in [4.69, 9.17) is 0 Å². The van der Waals surface area contributed by atoms with E-state index in [0.29, 0.717) is 18.0 Å². The fourth-order valence-electron chi connectivity index (χ4n) is 3.53. The summed E-state index contributed by atoms with van der Waals surface area (Å²) in [6.45, 7) is 0.191. The van der Waals surface area contributed by atoms with Crippen molar-refractivity contribution in [2.45, 2.75) is 38.1 Å². The predicted molar refractivity (Wildman–Crippen MR) is 102 cm³/mol. The van der Waals surface area contributed by atoms with Crippen LogP contribution in [0.25, 0.3) is 10.8 Å². The number of nitrogens with one attached hydrogen (secondary N) is 2. The second-order valence-electron chi connectivity index (χ2n) is 7.02. The summed E-state index contributed by atoms with van der Waals surface area (Å²) < 4.78 is 0. The van der Waals surface area contributed by atoms with Crippen LogP contribution >= 0.6 is 0 Å². The zero-order valence-corrected chi connectivity index (χ0v) is 14.9. The fourth-order valence-corrected chi connectivity index (χ4v) is 3.53. The lowest BCUT2D eigenvalue weighted by molar-refractivity contribution is -0.124. The van der Waals surface area contributed by atoms with E-state index >= 15 is 0 Å². The Morgan fingerprint density at radius 1 is 1.04 bits per heavy atom. The lowest BCUT2D eigenvalue weighted by atomic mass is 9.89. The summed E-state index contributed by atoms with van der Waals surface area (Å²) in [7, 11) is 0. The van der Waals surface area contributed by atoms with E-state index in [1.54, 1.807) is 12.1 Å². The van der Waals surface area contributed by atoms with Crippen LogP contribution in [-0.2, 0) is 4.79 Å². The molecule has 26 heavy (non-hydrogen) atoms. The third kappa shape index (κ3) is 4.61. The summed E-state index contributed by atoms with van der Waals surface area (Å²) in [5, 5.41) is 17.0. The van der Waals surface area contributed by atoms with Gasteiger partial charge in [0, 0.05) is 12.1 Å². The molecule has 3 N–H and O–H groups in total. The highest BCUT2D eigenvalue weighted by atomic mass is 16.3. The minimum Gasteiger partial charge on any atom is -0.394 e. The molecule has 138 valence electrons. The normalized spacial score (nSPS) is 16.2. The van der Waals surface area contributed by atoms with Gasteiger partial charge in [-0.1, -0.05) is 49.6 Å². The molecule has 3 rings (SSSR count). The number of benzene rings is 2. The van der Waals surface area contributed by atoms with Gasteiger partial charge in [-0.3, -0.25) is 9.59 Å². The Balaban J connectivity index is 1.58. The number of aliphatic hydroxyl groups is 1. The molecule has 0 spiro atoms. The molecule has 2 aromatic rings. The van der Waals surface area contributed by atoms with Gasteiger partial charge in [0.25, 0.3) is 5.91 Å². The Morgan fingerprint density at radius 3 is 2.50 bits per heavy atom. The molecule has 0 heterocycles. The predicted octanol–water partition coefficient (Wildman–Crippen LogP) is 2.63. The first-order valence-corrected chi connectivity index (χ1v) is 9.35. The van der Waals surface area contributed by atoms with Crippen LogP contribution in [0.4, 0.5) is 0 Å². The number of carbonyl (C=O) groups excluding carboxylic acids is 2. The minimum atomic E-state index is -0.933. The van der Waals surface area contributed by atoms with Gasteiger partial charge in [0.1, 0.15) is 6.04 Å². The number of hydrogen-bond donors (Lipinski definition) is 3. The molecule has 1 fully saturated rings. The molecule has 0 radical (unpaired) electrons. The second kappa shape index (κ2) is 8.81. The van der Waals surface area contributed by atoms with Crippen LogP contribution in [0.3, 0.4) is 0 Å². The zero-order chi connectivity index (χ0) is 18.4. The summed E-state index contributed by atoms with van der Waals surface area (Å²) in [6, 6.07) is 12.2. The number of carbonyl (C=O) groups is 2. The van der Waals surface area contributed by atoms with E-state index in [2.05, 4.69) is 10.6 Å². The average molecular weight is 354 g/mol. The maximum absolute atomic E-state index is 12.5. The van der Waals surface area contributed by atoms with Crippen molar-refractivity contribution in [3.8, 4) is 0 Å². The maximum Gasteiger partial charge on any atom is 0.252 e. The van der Waals surface area contributed by atoms with Gasteiger partial charge < -0.3 is 15.7 Å². The van der Waals surface area contributed by atoms with E-state index in [9.17, 15) is 14.7 Å². The van der Waals surface area contributed by atoms with Gasteiger partial charge in [-0.15, -0.1) is 0 Å². The van der Waals surface area contributed by atoms with E-state index in [1.165, 1.54) is 19.3 Å². The quantitative estimate of drug-likeness (QED) is 0.746. The van der Waals surface area contributed by atoms with Crippen molar-refractivity contribution in [3.63, 3.8) is 0 Å². The molecule has 1 atom stereocenters. The van der Waals surface area contributed by atoms with Crippen molar-refractivity contribution in [2.75, 3.05) is 13.2 Å². The highest BCUT2D eigenvalue weighted by Crippen LogP contribution is 2.22. The standard InChI is InChI=1S/C21H26N2O3/c24-14-19(21(26)22-13-15-6-2-1-3-7-15)23-20(25)18-11-10-16-8-4-5-9-17(16)12-18/h4-5,8-12,15,19,24H,1-3,6-7,13-14H2,(H,22,26)(H,23,25). The monoisotopic (exact) mass is 354 g/mol. The molecular weight excluding hydrogens is 328 g/mol. The number of aliphatic hydroxyl groups excluding tert-OH is 1. The smallest absolute Gasteiger partial charge is 0.252 e. The van der Waals surface area contributed by atoms with Crippen LogP contribution in [-0.4, -0.2) is 36.1 Å². The first kappa shape index (κ1) is 18.4. The Bertz CT molecular complexity index is 769. The Labute approximate surface area is 153 Å². The molecule has 1 saturated carbocycles. The number of rotatable bonds is 6.